The van der Waals surface area contributed by atoms with Crippen LogP contribution in [0.5, 0.6) is 0 Å². The zero-order valence-corrected chi connectivity index (χ0v) is 17.8. The average molecular weight is 407 g/mol. The number of methoxy groups -OCH3 is 1. The number of hydrogen-bond acceptors (Lipinski definition) is 2. The molecule has 0 N–H and O–H groups in total. The van der Waals surface area contributed by atoms with Crippen molar-refractivity contribution in [3.8, 4) is 12.3 Å². The van der Waals surface area contributed by atoms with Crippen LogP contribution in [0.1, 0.15) is 34.8 Å². The Bertz CT molecular complexity index is 1260. The van der Waals surface area contributed by atoms with E-state index in [9.17, 15) is 0 Å². The van der Waals surface area contributed by atoms with Gasteiger partial charge in [-0.25, -0.2) is 0 Å². The summed E-state index contributed by atoms with van der Waals surface area (Å²) >= 11 is 0. The molecule has 0 aromatic heterocycles. The maximum absolute atomic E-state index is 6.55. The molecule has 0 spiro atoms. The molecule has 4 aromatic rings. The Balaban J connectivity index is 1.41. The summed E-state index contributed by atoms with van der Waals surface area (Å²) in [6, 6.07) is 25.8. The fourth-order valence-electron chi connectivity index (χ4n) is 4.84. The molecular formula is C29H26O2. The molecule has 0 fully saturated rings. The molecule has 0 saturated carbocycles. The van der Waals surface area contributed by atoms with Crippen molar-refractivity contribution < 1.29 is 9.47 Å². The second-order valence-corrected chi connectivity index (χ2v) is 8.30. The molecule has 2 atom stereocenters. The summed E-state index contributed by atoms with van der Waals surface area (Å²) in [5, 5.41) is 5.36. The minimum Gasteiger partial charge on any atom is -0.382 e. The first-order valence-corrected chi connectivity index (χ1v) is 10.9. The monoisotopic (exact) mass is 406 g/mol. The SMILES string of the molecule is C#Cc1ccc(C(COC)OC2CCc3c(ccc4c3ccc3ccccc34)C2)cc1. The third-order valence-corrected chi connectivity index (χ3v) is 6.42. The standard InChI is InChI=1S/C29H26O2/c1-3-20-8-10-22(11-9-20)29(19-30-2)31-24-14-17-26-23(18-24)13-16-27-25-7-5-4-6-21(25)12-15-28(26)27/h1,4-13,15-16,24,29H,14,17-19H2,2H3. The Morgan fingerprint density at radius 1 is 0.935 bits per heavy atom. The van der Waals surface area contributed by atoms with E-state index in [0.717, 1.165) is 30.4 Å². The second-order valence-electron chi connectivity index (χ2n) is 8.30. The fourth-order valence-corrected chi connectivity index (χ4v) is 4.84. The quantitative estimate of drug-likeness (QED) is 0.289. The van der Waals surface area contributed by atoms with Gasteiger partial charge in [-0.05, 0) is 69.6 Å². The molecule has 31 heavy (non-hydrogen) atoms. The van der Waals surface area contributed by atoms with Crippen LogP contribution in [0, 0.1) is 12.3 Å². The summed E-state index contributed by atoms with van der Waals surface area (Å²) in [7, 11) is 1.72. The van der Waals surface area contributed by atoms with Gasteiger partial charge in [-0.1, -0.05) is 66.6 Å². The zero-order valence-electron chi connectivity index (χ0n) is 17.8. The maximum Gasteiger partial charge on any atom is 0.106 e. The van der Waals surface area contributed by atoms with Crippen molar-refractivity contribution in [2.45, 2.75) is 31.5 Å². The molecule has 0 aliphatic heterocycles. The lowest BCUT2D eigenvalue weighted by Crippen LogP contribution is -2.26. The minimum absolute atomic E-state index is 0.0900. The van der Waals surface area contributed by atoms with Crippen molar-refractivity contribution in [1.82, 2.24) is 0 Å². The van der Waals surface area contributed by atoms with Crippen molar-refractivity contribution in [2.24, 2.45) is 0 Å². The molecular weight excluding hydrogens is 380 g/mol. The number of terminal acetylenes is 1. The lowest BCUT2D eigenvalue weighted by molar-refractivity contribution is -0.0547. The van der Waals surface area contributed by atoms with Gasteiger partial charge in [0.1, 0.15) is 6.10 Å². The van der Waals surface area contributed by atoms with Gasteiger partial charge in [0.15, 0.2) is 0 Å². The first-order valence-electron chi connectivity index (χ1n) is 10.9. The topological polar surface area (TPSA) is 18.5 Å². The molecule has 5 rings (SSSR count). The van der Waals surface area contributed by atoms with Crippen LogP contribution in [0.3, 0.4) is 0 Å². The Labute approximate surface area is 183 Å². The first kappa shape index (κ1) is 19.8. The van der Waals surface area contributed by atoms with Gasteiger partial charge < -0.3 is 9.47 Å². The van der Waals surface area contributed by atoms with Gasteiger partial charge in [0.25, 0.3) is 0 Å². The van der Waals surface area contributed by atoms with E-state index < -0.39 is 0 Å². The third-order valence-electron chi connectivity index (χ3n) is 6.42. The summed E-state index contributed by atoms with van der Waals surface area (Å²) < 4.78 is 12.0. The summed E-state index contributed by atoms with van der Waals surface area (Å²) in [4.78, 5) is 0. The lowest BCUT2D eigenvalue weighted by atomic mass is 9.85. The largest absolute Gasteiger partial charge is 0.382 e. The maximum atomic E-state index is 6.55. The van der Waals surface area contributed by atoms with Crippen LogP contribution in [0.2, 0.25) is 0 Å². The van der Waals surface area contributed by atoms with Crippen molar-refractivity contribution in [3.63, 3.8) is 0 Å². The van der Waals surface area contributed by atoms with E-state index in [-0.39, 0.29) is 12.2 Å². The molecule has 1 aliphatic rings. The van der Waals surface area contributed by atoms with Crippen molar-refractivity contribution in [1.29, 1.82) is 0 Å². The van der Waals surface area contributed by atoms with Crippen LogP contribution in [0.25, 0.3) is 21.5 Å². The van der Waals surface area contributed by atoms with Crippen LogP contribution in [0.4, 0.5) is 0 Å². The van der Waals surface area contributed by atoms with Crippen LogP contribution in [-0.2, 0) is 22.3 Å². The lowest BCUT2D eigenvalue weighted by Gasteiger charge is -2.30. The highest BCUT2D eigenvalue weighted by Crippen LogP contribution is 2.35. The van der Waals surface area contributed by atoms with E-state index in [0.29, 0.717) is 6.61 Å². The summed E-state index contributed by atoms with van der Waals surface area (Å²) in [6.07, 6.45) is 8.56. The van der Waals surface area contributed by atoms with Gasteiger partial charge in [0, 0.05) is 12.7 Å². The van der Waals surface area contributed by atoms with Gasteiger partial charge in [-0.2, -0.15) is 0 Å². The Morgan fingerprint density at radius 3 is 2.55 bits per heavy atom. The Morgan fingerprint density at radius 2 is 1.74 bits per heavy atom. The molecule has 0 heterocycles. The van der Waals surface area contributed by atoms with Crippen molar-refractivity contribution in [3.05, 3.63) is 95.1 Å². The van der Waals surface area contributed by atoms with E-state index in [1.807, 2.05) is 24.3 Å². The molecule has 2 unspecified atom stereocenters. The van der Waals surface area contributed by atoms with E-state index in [4.69, 9.17) is 15.9 Å². The number of fused-ring (bicyclic) bond motifs is 5. The Kier molecular flexibility index (Phi) is 5.47. The molecule has 0 saturated heterocycles. The van der Waals surface area contributed by atoms with Crippen LogP contribution in [0.15, 0.2) is 72.8 Å². The molecule has 154 valence electrons. The van der Waals surface area contributed by atoms with Gasteiger partial charge in [0.2, 0.25) is 0 Å². The molecule has 0 bridgehead atoms. The van der Waals surface area contributed by atoms with Crippen LogP contribution < -0.4 is 0 Å². The van der Waals surface area contributed by atoms with Gasteiger partial charge >= 0.3 is 0 Å². The number of ether oxygens (including phenoxy) is 2. The predicted molar refractivity (Wildman–Crippen MR) is 127 cm³/mol. The third kappa shape index (κ3) is 3.83. The van der Waals surface area contributed by atoms with Gasteiger partial charge in [-0.15, -0.1) is 6.42 Å². The van der Waals surface area contributed by atoms with Crippen molar-refractivity contribution in [2.75, 3.05) is 13.7 Å². The highest BCUT2D eigenvalue weighted by atomic mass is 16.5. The summed E-state index contributed by atoms with van der Waals surface area (Å²) in [5.41, 5.74) is 4.87. The fraction of sp³-hybridized carbons (Fsp3) is 0.241. The average Bonchev–Trinajstić information content (AvgIpc) is 2.83. The Hall–Kier alpha value is -3.12. The number of hydrogen-bond donors (Lipinski definition) is 0. The smallest absolute Gasteiger partial charge is 0.106 e. The van der Waals surface area contributed by atoms with Crippen LogP contribution in [-0.4, -0.2) is 19.8 Å². The van der Waals surface area contributed by atoms with Gasteiger partial charge in [-0.3, -0.25) is 0 Å². The van der Waals surface area contributed by atoms with Gasteiger partial charge in [0.05, 0.1) is 12.7 Å². The summed E-state index contributed by atoms with van der Waals surface area (Å²) in [5.74, 6) is 2.67. The molecule has 1 aliphatic carbocycles. The molecule has 2 nitrogen and oxygen atoms in total. The second kappa shape index (κ2) is 8.55. The number of aryl methyl sites for hydroxylation is 1. The normalized spacial score (nSPS) is 16.7. The van der Waals surface area contributed by atoms with E-state index in [2.05, 4.69) is 54.5 Å². The highest BCUT2D eigenvalue weighted by Gasteiger charge is 2.25. The first-order chi connectivity index (χ1) is 15.3. The zero-order chi connectivity index (χ0) is 21.2. The predicted octanol–water partition coefficient (Wildman–Crippen LogP) is 6.24. The molecule has 2 heteroatoms. The van der Waals surface area contributed by atoms with Crippen molar-refractivity contribution >= 4 is 21.5 Å². The van der Waals surface area contributed by atoms with E-state index in [1.54, 1.807) is 7.11 Å². The number of benzene rings is 4. The summed E-state index contributed by atoms with van der Waals surface area (Å²) in [6.45, 7) is 0.530. The molecule has 0 amide bonds. The number of rotatable bonds is 5. The van der Waals surface area contributed by atoms with E-state index in [1.165, 1.54) is 32.7 Å². The minimum atomic E-state index is -0.0900. The van der Waals surface area contributed by atoms with E-state index >= 15 is 0 Å². The highest BCUT2D eigenvalue weighted by molar-refractivity contribution is 6.08. The van der Waals surface area contributed by atoms with Crippen LogP contribution >= 0.6 is 0 Å². The molecule has 4 aromatic carbocycles. The molecule has 0 radical (unpaired) electrons.